The van der Waals surface area contributed by atoms with Crippen LogP contribution >= 0.6 is 0 Å². The van der Waals surface area contributed by atoms with E-state index in [-0.39, 0.29) is 17.9 Å². The van der Waals surface area contributed by atoms with E-state index in [2.05, 4.69) is 50.4 Å². The molecular formula is C21H32N2O2. The van der Waals surface area contributed by atoms with E-state index >= 15 is 0 Å². The number of carbonyl (C=O) groups excluding carboxylic acids is 2. The van der Waals surface area contributed by atoms with Gasteiger partial charge in [-0.25, -0.2) is 0 Å². The van der Waals surface area contributed by atoms with Crippen LogP contribution in [-0.4, -0.2) is 35.8 Å². The molecule has 0 saturated carbocycles. The lowest BCUT2D eigenvalue weighted by Gasteiger charge is -2.32. The van der Waals surface area contributed by atoms with Crippen LogP contribution in [-0.2, 0) is 22.4 Å². The molecule has 0 aromatic heterocycles. The van der Waals surface area contributed by atoms with Crippen molar-refractivity contribution in [3.05, 3.63) is 35.4 Å². The first-order chi connectivity index (χ1) is 12.0. The number of likely N-dealkylation sites (tertiary alicyclic amines) is 1. The lowest BCUT2D eigenvalue weighted by atomic mass is 10.0. The summed E-state index contributed by atoms with van der Waals surface area (Å²) in [4.78, 5) is 26.2. The molecule has 1 fully saturated rings. The Balaban J connectivity index is 1.70. The molecule has 25 heavy (non-hydrogen) atoms. The third-order valence-electron chi connectivity index (χ3n) is 4.87. The molecule has 0 unspecified atom stereocenters. The fourth-order valence-electron chi connectivity index (χ4n) is 3.28. The van der Waals surface area contributed by atoms with Crippen LogP contribution in [0.3, 0.4) is 0 Å². The maximum atomic E-state index is 12.4. The highest BCUT2D eigenvalue weighted by Crippen LogP contribution is 2.14. The zero-order valence-electron chi connectivity index (χ0n) is 15.9. The second-order valence-electron chi connectivity index (χ2n) is 7.49. The molecule has 0 radical (unpaired) electrons. The third-order valence-corrected chi connectivity index (χ3v) is 4.87. The maximum Gasteiger partial charge on any atom is 0.222 e. The van der Waals surface area contributed by atoms with Crippen LogP contribution in [0.4, 0.5) is 0 Å². The summed E-state index contributed by atoms with van der Waals surface area (Å²) in [6, 6.07) is 8.76. The summed E-state index contributed by atoms with van der Waals surface area (Å²) in [6.45, 7) is 7.75. The number of nitrogens with zero attached hydrogens (tertiary/aromatic N) is 1. The summed E-state index contributed by atoms with van der Waals surface area (Å²) in [5, 5.41) is 3.10. The van der Waals surface area contributed by atoms with Gasteiger partial charge in [-0.2, -0.15) is 0 Å². The number of carbonyl (C=O) groups is 2. The Hall–Kier alpha value is -1.84. The van der Waals surface area contributed by atoms with Gasteiger partial charge >= 0.3 is 0 Å². The fraction of sp³-hybridized carbons (Fsp3) is 0.619. The van der Waals surface area contributed by atoms with E-state index in [1.807, 2.05) is 4.90 Å². The Morgan fingerprint density at radius 1 is 1.12 bits per heavy atom. The Kier molecular flexibility index (Phi) is 7.48. The number of aryl methyl sites for hydroxylation is 2. The van der Waals surface area contributed by atoms with Crippen LogP contribution < -0.4 is 5.32 Å². The molecule has 1 aromatic rings. The highest BCUT2D eigenvalue weighted by Gasteiger charge is 2.23. The minimum absolute atomic E-state index is 0.135. The predicted molar refractivity (Wildman–Crippen MR) is 101 cm³/mol. The molecule has 1 heterocycles. The lowest BCUT2D eigenvalue weighted by molar-refractivity contribution is -0.132. The number of amides is 2. The van der Waals surface area contributed by atoms with Gasteiger partial charge in [-0.15, -0.1) is 0 Å². The van der Waals surface area contributed by atoms with Crippen LogP contribution in [0.25, 0.3) is 0 Å². The number of benzene rings is 1. The minimum atomic E-state index is 0.135. The van der Waals surface area contributed by atoms with Crippen LogP contribution in [0.1, 0.15) is 57.6 Å². The van der Waals surface area contributed by atoms with E-state index in [4.69, 9.17) is 0 Å². The highest BCUT2D eigenvalue weighted by molar-refractivity contribution is 5.77. The quantitative estimate of drug-likeness (QED) is 0.825. The second-order valence-corrected chi connectivity index (χ2v) is 7.49. The topological polar surface area (TPSA) is 49.4 Å². The molecule has 0 atom stereocenters. The fourth-order valence-corrected chi connectivity index (χ4v) is 3.28. The van der Waals surface area contributed by atoms with Crippen molar-refractivity contribution >= 4 is 11.8 Å². The molecule has 2 rings (SSSR count). The molecule has 138 valence electrons. The Morgan fingerprint density at radius 2 is 1.72 bits per heavy atom. The minimum Gasteiger partial charge on any atom is -0.353 e. The van der Waals surface area contributed by atoms with Gasteiger partial charge in [0.25, 0.3) is 0 Å². The van der Waals surface area contributed by atoms with Crippen molar-refractivity contribution in [3.8, 4) is 0 Å². The van der Waals surface area contributed by atoms with Crippen LogP contribution in [0.2, 0.25) is 0 Å². The molecule has 1 N–H and O–H groups in total. The lowest BCUT2D eigenvalue weighted by Crippen LogP contribution is -2.46. The molecule has 1 aliphatic rings. The van der Waals surface area contributed by atoms with E-state index in [1.54, 1.807) is 0 Å². The Morgan fingerprint density at radius 3 is 2.28 bits per heavy atom. The standard InChI is InChI=1S/C21H32N2O2/c1-4-17-5-7-18(8-6-17)9-10-21(25)23-13-11-19(12-14-23)22-20(24)15-16(2)3/h5-8,16,19H,4,9-15H2,1-3H3,(H,22,24). The summed E-state index contributed by atoms with van der Waals surface area (Å²) in [5.41, 5.74) is 2.55. The van der Waals surface area contributed by atoms with Crippen LogP contribution in [0, 0.1) is 5.92 Å². The van der Waals surface area contributed by atoms with Crippen molar-refractivity contribution in [3.63, 3.8) is 0 Å². The molecular weight excluding hydrogens is 312 g/mol. The SMILES string of the molecule is CCc1ccc(CCC(=O)N2CCC(NC(=O)CC(C)C)CC2)cc1. The summed E-state index contributed by atoms with van der Waals surface area (Å²) in [7, 11) is 0. The first-order valence-corrected chi connectivity index (χ1v) is 9.63. The first kappa shape index (κ1) is 19.5. The molecule has 0 aliphatic carbocycles. The van der Waals surface area contributed by atoms with Crippen molar-refractivity contribution in [2.75, 3.05) is 13.1 Å². The van der Waals surface area contributed by atoms with Crippen molar-refractivity contribution < 1.29 is 9.59 Å². The number of hydrogen-bond acceptors (Lipinski definition) is 2. The van der Waals surface area contributed by atoms with Gasteiger partial charge in [-0.1, -0.05) is 45.0 Å². The zero-order chi connectivity index (χ0) is 18.2. The summed E-state index contributed by atoms with van der Waals surface area (Å²) in [6.07, 6.45) is 4.71. The molecule has 1 aromatic carbocycles. The average Bonchev–Trinajstić information content (AvgIpc) is 2.60. The largest absolute Gasteiger partial charge is 0.353 e. The van der Waals surface area contributed by atoms with Gasteiger partial charge in [0.05, 0.1) is 0 Å². The predicted octanol–water partition coefficient (Wildman–Crippen LogP) is 3.33. The van der Waals surface area contributed by atoms with Crippen molar-refractivity contribution in [1.82, 2.24) is 10.2 Å². The average molecular weight is 344 g/mol. The smallest absolute Gasteiger partial charge is 0.222 e. The van der Waals surface area contributed by atoms with E-state index in [0.29, 0.717) is 18.8 Å². The molecule has 1 aliphatic heterocycles. The van der Waals surface area contributed by atoms with E-state index in [9.17, 15) is 9.59 Å². The van der Waals surface area contributed by atoms with Gasteiger partial charge < -0.3 is 10.2 Å². The van der Waals surface area contributed by atoms with Crippen molar-refractivity contribution in [2.24, 2.45) is 5.92 Å². The highest BCUT2D eigenvalue weighted by atomic mass is 16.2. The van der Waals surface area contributed by atoms with Gasteiger partial charge in [0.15, 0.2) is 0 Å². The van der Waals surface area contributed by atoms with Gasteiger partial charge in [0.2, 0.25) is 11.8 Å². The van der Waals surface area contributed by atoms with Crippen LogP contribution in [0.5, 0.6) is 0 Å². The molecule has 1 saturated heterocycles. The number of rotatable bonds is 7. The molecule has 2 amide bonds. The van der Waals surface area contributed by atoms with E-state index in [0.717, 1.165) is 38.8 Å². The van der Waals surface area contributed by atoms with Gasteiger partial charge in [-0.3, -0.25) is 9.59 Å². The maximum absolute atomic E-state index is 12.4. The molecule has 4 nitrogen and oxygen atoms in total. The van der Waals surface area contributed by atoms with Crippen molar-refractivity contribution in [2.45, 2.75) is 65.3 Å². The summed E-state index contributed by atoms with van der Waals surface area (Å²) < 4.78 is 0. The monoisotopic (exact) mass is 344 g/mol. The van der Waals surface area contributed by atoms with Gasteiger partial charge in [0, 0.05) is 32.0 Å². The first-order valence-electron chi connectivity index (χ1n) is 9.63. The van der Waals surface area contributed by atoms with E-state index in [1.165, 1.54) is 11.1 Å². The number of nitrogens with one attached hydrogen (secondary N) is 1. The van der Waals surface area contributed by atoms with Crippen molar-refractivity contribution in [1.29, 1.82) is 0 Å². The number of piperidine rings is 1. The number of hydrogen-bond donors (Lipinski definition) is 1. The van der Waals surface area contributed by atoms with Gasteiger partial charge in [0.1, 0.15) is 0 Å². The summed E-state index contributed by atoms with van der Waals surface area (Å²) in [5.74, 6) is 0.745. The normalized spacial score (nSPS) is 15.4. The second kappa shape index (κ2) is 9.59. The molecule has 0 bridgehead atoms. The molecule has 0 spiro atoms. The Labute approximate surface area is 152 Å². The van der Waals surface area contributed by atoms with Gasteiger partial charge in [-0.05, 0) is 42.7 Å². The summed E-state index contributed by atoms with van der Waals surface area (Å²) >= 11 is 0. The van der Waals surface area contributed by atoms with E-state index < -0.39 is 0 Å². The third kappa shape index (κ3) is 6.52. The zero-order valence-corrected chi connectivity index (χ0v) is 15.9. The van der Waals surface area contributed by atoms with Crippen LogP contribution in [0.15, 0.2) is 24.3 Å². The molecule has 4 heteroatoms. The Bertz CT molecular complexity index is 558.